The number of thioether (sulfide) groups is 1. The standard InChI is InChI=1S/C17H19NS/c1-19-15-11-9-14(10-12-15)18-17-8-4-6-13-5-2-3-7-16(13)17/h2-3,5,7,9-12,17-18H,4,6,8H2,1H3. The van der Waals surface area contributed by atoms with Gasteiger partial charge >= 0.3 is 0 Å². The SMILES string of the molecule is CSc1ccc(NC2CCCc3ccccc32)cc1. The molecule has 1 atom stereocenters. The van der Waals surface area contributed by atoms with Crippen LogP contribution in [0.4, 0.5) is 5.69 Å². The van der Waals surface area contributed by atoms with E-state index in [1.165, 1.54) is 41.0 Å². The lowest BCUT2D eigenvalue weighted by Gasteiger charge is -2.27. The first-order valence-corrected chi connectivity index (χ1v) is 8.07. The van der Waals surface area contributed by atoms with Crippen molar-refractivity contribution >= 4 is 17.4 Å². The Hall–Kier alpha value is -1.41. The minimum Gasteiger partial charge on any atom is -0.378 e. The predicted molar refractivity (Wildman–Crippen MR) is 84.0 cm³/mol. The van der Waals surface area contributed by atoms with Crippen LogP contribution in [0.2, 0.25) is 0 Å². The van der Waals surface area contributed by atoms with E-state index >= 15 is 0 Å². The van der Waals surface area contributed by atoms with E-state index in [1.54, 1.807) is 11.8 Å². The van der Waals surface area contributed by atoms with Gasteiger partial charge in [0.2, 0.25) is 0 Å². The average molecular weight is 269 g/mol. The Morgan fingerprint density at radius 1 is 1.05 bits per heavy atom. The average Bonchev–Trinajstić information content (AvgIpc) is 2.48. The minimum absolute atomic E-state index is 0.463. The van der Waals surface area contributed by atoms with Crippen LogP contribution in [-0.4, -0.2) is 6.26 Å². The molecule has 2 heteroatoms. The van der Waals surface area contributed by atoms with E-state index in [0.717, 1.165) is 0 Å². The Morgan fingerprint density at radius 2 is 1.84 bits per heavy atom. The molecule has 2 aromatic carbocycles. The van der Waals surface area contributed by atoms with Crippen LogP contribution in [0.1, 0.15) is 30.0 Å². The fraction of sp³-hybridized carbons (Fsp3) is 0.294. The van der Waals surface area contributed by atoms with Crippen molar-refractivity contribution in [2.45, 2.75) is 30.2 Å². The van der Waals surface area contributed by atoms with Crippen molar-refractivity contribution in [1.82, 2.24) is 0 Å². The molecule has 1 N–H and O–H groups in total. The van der Waals surface area contributed by atoms with Crippen LogP contribution in [0.3, 0.4) is 0 Å². The molecule has 0 aliphatic heterocycles. The maximum Gasteiger partial charge on any atom is 0.0516 e. The van der Waals surface area contributed by atoms with Crippen LogP contribution in [0.25, 0.3) is 0 Å². The molecule has 1 nitrogen and oxygen atoms in total. The van der Waals surface area contributed by atoms with Crippen LogP contribution in [0.15, 0.2) is 53.4 Å². The molecule has 1 unspecified atom stereocenters. The van der Waals surface area contributed by atoms with Gasteiger partial charge in [0, 0.05) is 10.6 Å². The zero-order chi connectivity index (χ0) is 13.1. The van der Waals surface area contributed by atoms with E-state index in [2.05, 4.69) is 60.1 Å². The van der Waals surface area contributed by atoms with Gasteiger partial charge in [0.05, 0.1) is 6.04 Å². The lowest BCUT2D eigenvalue weighted by Crippen LogP contribution is -2.17. The smallest absolute Gasteiger partial charge is 0.0516 e. The summed E-state index contributed by atoms with van der Waals surface area (Å²) >= 11 is 1.78. The van der Waals surface area contributed by atoms with E-state index in [0.29, 0.717) is 6.04 Å². The molecule has 0 aromatic heterocycles. The molecule has 0 amide bonds. The lowest BCUT2D eigenvalue weighted by atomic mass is 9.87. The number of benzene rings is 2. The number of aryl methyl sites for hydroxylation is 1. The van der Waals surface area contributed by atoms with Gasteiger partial charge in [-0.2, -0.15) is 0 Å². The number of nitrogens with one attached hydrogen (secondary N) is 1. The van der Waals surface area contributed by atoms with Crippen LogP contribution >= 0.6 is 11.8 Å². The van der Waals surface area contributed by atoms with Gasteiger partial charge in [-0.05, 0) is 60.9 Å². The Kier molecular flexibility index (Phi) is 3.79. The summed E-state index contributed by atoms with van der Waals surface area (Å²) in [6.45, 7) is 0. The summed E-state index contributed by atoms with van der Waals surface area (Å²) in [5.74, 6) is 0. The summed E-state index contributed by atoms with van der Waals surface area (Å²) in [6, 6.07) is 18.0. The first-order chi connectivity index (χ1) is 9.36. The van der Waals surface area contributed by atoms with Gasteiger partial charge in [0.25, 0.3) is 0 Å². The molecule has 1 aliphatic carbocycles. The Morgan fingerprint density at radius 3 is 2.63 bits per heavy atom. The summed E-state index contributed by atoms with van der Waals surface area (Å²) in [5.41, 5.74) is 4.20. The summed E-state index contributed by atoms with van der Waals surface area (Å²) in [4.78, 5) is 1.31. The number of hydrogen-bond donors (Lipinski definition) is 1. The third-order valence-corrected chi connectivity index (χ3v) is 4.54. The zero-order valence-electron chi connectivity index (χ0n) is 11.2. The molecule has 2 aromatic rings. The molecule has 0 fully saturated rings. The molecule has 3 rings (SSSR count). The monoisotopic (exact) mass is 269 g/mol. The van der Waals surface area contributed by atoms with Gasteiger partial charge < -0.3 is 5.32 Å². The van der Waals surface area contributed by atoms with Crippen LogP contribution in [-0.2, 0) is 6.42 Å². The first kappa shape index (κ1) is 12.6. The van der Waals surface area contributed by atoms with Crippen molar-refractivity contribution in [3.63, 3.8) is 0 Å². The molecular formula is C17H19NS. The van der Waals surface area contributed by atoms with Crippen LogP contribution in [0.5, 0.6) is 0 Å². The van der Waals surface area contributed by atoms with E-state index in [9.17, 15) is 0 Å². The number of hydrogen-bond acceptors (Lipinski definition) is 2. The summed E-state index contributed by atoms with van der Waals surface area (Å²) < 4.78 is 0. The molecule has 0 heterocycles. The highest BCUT2D eigenvalue weighted by molar-refractivity contribution is 7.98. The summed E-state index contributed by atoms with van der Waals surface area (Å²) in [5, 5.41) is 3.68. The van der Waals surface area contributed by atoms with Crippen molar-refractivity contribution < 1.29 is 0 Å². The van der Waals surface area contributed by atoms with E-state index in [-0.39, 0.29) is 0 Å². The van der Waals surface area contributed by atoms with Gasteiger partial charge in [-0.15, -0.1) is 11.8 Å². The third-order valence-electron chi connectivity index (χ3n) is 3.80. The second-order valence-electron chi connectivity index (χ2n) is 5.02. The fourth-order valence-corrected chi connectivity index (χ4v) is 3.20. The highest BCUT2D eigenvalue weighted by Crippen LogP contribution is 2.32. The molecular weight excluding hydrogens is 250 g/mol. The van der Waals surface area contributed by atoms with E-state index in [4.69, 9.17) is 0 Å². The maximum absolute atomic E-state index is 3.68. The Balaban J connectivity index is 1.80. The number of anilines is 1. The zero-order valence-corrected chi connectivity index (χ0v) is 12.0. The molecule has 98 valence electrons. The molecule has 1 aliphatic rings. The highest BCUT2D eigenvalue weighted by Gasteiger charge is 2.19. The molecule has 0 radical (unpaired) electrons. The normalized spacial score (nSPS) is 17.8. The number of fused-ring (bicyclic) bond motifs is 1. The Labute approximate surface area is 119 Å². The van der Waals surface area contributed by atoms with Crippen LogP contribution < -0.4 is 5.32 Å². The predicted octanol–water partition coefficient (Wildman–Crippen LogP) is 4.90. The van der Waals surface area contributed by atoms with Crippen molar-refractivity contribution in [1.29, 1.82) is 0 Å². The van der Waals surface area contributed by atoms with Crippen molar-refractivity contribution in [3.8, 4) is 0 Å². The molecule has 0 saturated heterocycles. The van der Waals surface area contributed by atoms with Crippen molar-refractivity contribution in [3.05, 3.63) is 59.7 Å². The largest absolute Gasteiger partial charge is 0.378 e. The van der Waals surface area contributed by atoms with Gasteiger partial charge in [-0.1, -0.05) is 24.3 Å². The van der Waals surface area contributed by atoms with E-state index < -0.39 is 0 Å². The third kappa shape index (κ3) is 2.79. The lowest BCUT2D eigenvalue weighted by molar-refractivity contribution is 0.600. The van der Waals surface area contributed by atoms with Crippen molar-refractivity contribution in [2.75, 3.05) is 11.6 Å². The fourth-order valence-electron chi connectivity index (χ4n) is 2.79. The van der Waals surface area contributed by atoms with Gasteiger partial charge in [0.1, 0.15) is 0 Å². The summed E-state index contributed by atoms with van der Waals surface area (Å²) in [6.07, 6.45) is 5.83. The van der Waals surface area contributed by atoms with Gasteiger partial charge in [-0.3, -0.25) is 0 Å². The Bertz CT molecular complexity index is 547. The quantitative estimate of drug-likeness (QED) is 0.796. The van der Waals surface area contributed by atoms with Crippen LogP contribution in [0, 0.1) is 0 Å². The maximum atomic E-state index is 3.68. The number of rotatable bonds is 3. The second kappa shape index (κ2) is 5.70. The van der Waals surface area contributed by atoms with E-state index in [1.807, 2.05) is 0 Å². The minimum atomic E-state index is 0.463. The van der Waals surface area contributed by atoms with Gasteiger partial charge in [-0.25, -0.2) is 0 Å². The van der Waals surface area contributed by atoms with Gasteiger partial charge in [0.15, 0.2) is 0 Å². The molecule has 0 saturated carbocycles. The topological polar surface area (TPSA) is 12.0 Å². The first-order valence-electron chi connectivity index (χ1n) is 6.85. The molecule has 0 spiro atoms. The van der Waals surface area contributed by atoms with Crippen molar-refractivity contribution in [2.24, 2.45) is 0 Å². The highest BCUT2D eigenvalue weighted by atomic mass is 32.2. The molecule has 19 heavy (non-hydrogen) atoms. The summed E-state index contributed by atoms with van der Waals surface area (Å²) in [7, 11) is 0. The molecule has 0 bridgehead atoms. The second-order valence-corrected chi connectivity index (χ2v) is 5.90.